The molecular weight excluding hydrogens is 266 g/mol. The molecule has 1 aromatic rings. The van der Waals surface area contributed by atoms with E-state index in [0.717, 1.165) is 23.7 Å². The highest BCUT2D eigenvalue weighted by molar-refractivity contribution is 5.85. The first-order valence-electron chi connectivity index (χ1n) is 7.54. The topological polar surface area (TPSA) is 60.8 Å². The lowest BCUT2D eigenvalue weighted by Crippen LogP contribution is -2.35. The summed E-state index contributed by atoms with van der Waals surface area (Å²) in [5, 5.41) is 17.9. The zero-order valence-corrected chi connectivity index (χ0v) is 12.2. The number of hydrogen-bond acceptors (Lipinski definition) is 3. The van der Waals surface area contributed by atoms with Crippen LogP contribution < -0.4 is 0 Å². The van der Waals surface area contributed by atoms with Crippen LogP contribution in [0.5, 0.6) is 0 Å². The van der Waals surface area contributed by atoms with Crippen LogP contribution in [0.25, 0.3) is 6.08 Å². The van der Waals surface area contributed by atoms with Gasteiger partial charge in [0.05, 0.1) is 6.61 Å². The van der Waals surface area contributed by atoms with Crippen molar-refractivity contribution in [2.45, 2.75) is 38.3 Å². The van der Waals surface area contributed by atoms with Gasteiger partial charge >= 0.3 is 5.97 Å². The zero-order valence-electron chi connectivity index (χ0n) is 12.2. The smallest absolute Gasteiger partial charge is 0.328 e. The molecular formula is C17H23NO3. The number of benzene rings is 1. The van der Waals surface area contributed by atoms with Crippen molar-refractivity contribution in [3.8, 4) is 0 Å². The lowest BCUT2D eigenvalue weighted by Gasteiger charge is -2.28. The van der Waals surface area contributed by atoms with Crippen LogP contribution in [0.4, 0.5) is 0 Å². The zero-order chi connectivity index (χ0) is 15.1. The Bertz CT molecular complexity index is 493. The summed E-state index contributed by atoms with van der Waals surface area (Å²) < 4.78 is 0. The third-order valence-corrected chi connectivity index (χ3v) is 3.98. The monoisotopic (exact) mass is 289 g/mol. The predicted molar refractivity (Wildman–Crippen MR) is 82.9 cm³/mol. The average molecular weight is 289 g/mol. The van der Waals surface area contributed by atoms with E-state index in [1.54, 1.807) is 6.08 Å². The third-order valence-electron chi connectivity index (χ3n) is 3.98. The molecule has 1 aliphatic rings. The quantitative estimate of drug-likeness (QED) is 0.757. The molecule has 0 aromatic heterocycles. The molecule has 0 spiro atoms. The van der Waals surface area contributed by atoms with Gasteiger partial charge in [0.2, 0.25) is 0 Å². The second kappa shape index (κ2) is 7.96. The molecule has 4 nitrogen and oxygen atoms in total. The van der Waals surface area contributed by atoms with Crippen LogP contribution in [0.15, 0.2) is 30.3 Å². The Morgan fingerprint density at radius 2 is 2.10 bits per heavy atom. The van der Waals surface area contributed by atoms with Gasteiger partial charge in [0.1, 0.15) is 0 Å². The second-order valence-electron chi connectivity index (χ2n) is 5.55. The molecule has 2 rings (SSSR count). The molecule has 0 radical (unpaired) electrons. The van der Waals surface area contributed by atoms with Crippen molar-refractivity contribution >= 4 is 12.0 Å². The minimum absolute atomic E-state index is 0.176. The SMILES string of the molecule is O=C(O)C=Cc1cccc(CN(CCO)C2CCCC2)c1. The van der Waals surface area contributed by atoms with Gasteiger partial charge in [-0.3, -0.25) is 4.90 Å². The van der Waals surface area contributed by atoms with Gasteiger partial charge in [0, 0.05) is 25.2 Å². The number of hydrogen-bond donors (Lipinski definition) is 2. The van der Waals surface area contributed by atoms with Crippen LogP contribution in [0, 0.1) is 0 Å². The Hall–Kier alpha value is -1.65. The van der Waals surface area contributed by atoms with Gasteiger partial charge in [-0.25, -0.2) is 4.79 Å². The summed E-state index contributed by atoms with van der Waals surface area (Å²) in [6.45, 7) is 1.68. The third kappa shape index (κ3) is 4.99. The summed E-state index contributed by atoms with van der Waals surface area (Å²) in [5.74, 6) is -0.937. The van der Waals surface area contributed by atoms with E-state index in [9.17, 15) is 9.90 Å². The number of nitrogens with zero attached hydrogens (tertiary/aromatic N) is 1. The molecule has 1 fully saturated rings. The summed E-state index contributed by atoms with van der Waals surface area (Å²) in [6.07, 6.45) is 7.72. The highest BCUT2D eigenvalue weighted by atomic mass is 16.4. The van der Waals surface area contributed by atoms with Crippen LogP contribution >= 0.6 is 0 Å². The molecule has 0 atom stereocenters. The van der Waals surface area contributed by atoms with E-state index >= 15 is 0 Å². The lowest BCUT2D eigenvalue weighted by molar-refractivity contribution is -0.131. The maximum Gasteiger partial charge on any atom is 0.328 e. The maximum absolute atomic E-state index is 10.6. The molecule has 2 N–H and O–H groups in total. The van der Waals surface area contributed by atoms with Gasteiger partial charge in [0.15, 0.2) is 0 Å². The molecule has 0 aliphatic heterocycles. The van der Waals surface area contributed by atoms with Gasteiger partial charge in [-0.2, -0.15) is 0 Å². The number of aliphatic carboxylic acids is 1. The molecule has 0 unspecified atom stereocenters. The summed E-state index contributed by atoms with van der Waals surface area (Å²) in [5.41, 5.74) is 2.05. The van der Waals surface area contributed by atoms with Crippen molar-refractivity contribution in [3.05, 3.63) is 41.5 Å². The second-order valence-corrected chi connectivity index (χ2v) is 5.55. The molecule has 0 saturated heterocycles. The lowest BCUT2D eigenvalue weighted by atomic mass is 10.1. The molecule has 0 amide bonds. The van der Waals surface area contributed by atoms with Crippen molar-refractivity contribution < 1.29 is 15.0 Å². The number of carbonyl (C=O) groups is 1. The Morgan fingerprint density at radius 1 is 1.33 bits per heavy atom. The standard InChI is InChI=1S/C17H23NO3/c19-11-10-18(16-6-1-2-7-16)13-15-5-3-4-14(12-15)8-9-17(20)21/h3-5,8-9,12,16,19H,1-2,6-7,10-11,13H2,(H,20,21). The van der Waals surface area contributed by atoms with Crippen molar-refractivity contribution in [1.82, 2.24) is 4.90 Å². The van der Waals surface area contributed by atoms with Crippen molar-refractivity contribution in [2.75, 3.05) is 13.2 Å². The van der Waals surface area contributed by atoms with E-state index in [4.69, 9.17) is 5.11 Å². The molecule has 114 valence electrons. The minimum Gasteiger partial charge on any atom is -0.478 e. The molecule has 1 saturated carbocycles. The van der Waals surface area contributed by atoms with E-state index in [-0.39, 0.29) is 6.61 Å². The fourth-order valence-electron chi connectivity index (χ4n) is 2.99. The average Bonchev–Trinajstić information content (AvgIpc) is 2.99. The van der Waals surface area contributed by atoms with Crippen LogP contribution in [0.1, 0.15) is 36.8 Å². The Balaban J connectivity index is 2.05. The molecule has 0 heterocycles. The summed E-state index contributed by atoms with van der Waals surface area (Å²) in [6, 6.07) is 8.48. The first-order chi connectivity index (χ1) is 10.2. The molecule has 1 aliphatic carbocycles. The largest absolute Gasteiger partial charge is 0.478 e. The van der Waals surface area contributed by atoms with Crippen LogP contribution in [0.2, 0.25) is 0 Å². The van der Waals surface area contributed by atoms with Gasteiger partial charge in [0.25, 0.3) is 0 Å². The van der Waals surface area contributed by atoms with Crippen molar-refractivity contribution in [2.24, 2.45) is 0 Å². The van der Waals surface area contributed by atoms with E-state index in [1.165, 1.54) is 25.7 Å². The summed E-state index contributed by atoms with van der Waals surface area (Å²) in [7, 11) is 0. The normalized spacial score (nSPS) is 16.1. The number of aliphatic hydroxyl groups excluding tert-OH is 1. The van der Waals surface area contributed by atoms with E-state index < -0.39 is 5.97 Å². The number of rotatable bonds is 7. The predicted octanol–water partition coefficient (Wildman–Crippen LogP) is 2.52. The van der Waals surface area contributed by atoms with E-state index in [0.29, 0.717) is 12.6 Å². The molecule has 0 bridgehead atoms. The number of aliphatic hydroxyl groups is 1. The fourth-order valence-corrected chi connectivity index (χ4v) is 2.99. The summed E-state index contributed by atoms with van der Waals surface area (Å²) in [4.78, 5) is 12.9. The van der Waals surface area contributed by atoms with E-state index in [1.807, 2.05) is 18.2 Å². The van der Waals surface area contributed by atoms with E-state index in [2.05, 4.69) is 11.0 Å². The number of carboxylic acids is 1. The Morgan fingerprint density at radius 3 is 2.76 bits per heavy atom. The molecule has 21 heavy (non-hydrogen) atoms. The fraction of sp³-hybridized carbons (Fsp3) is 0.471. The van der Waals surface area contributed by atoms with Gasteiger partial charge < -0.3 is 10.2 Å². The first kappa shape index (κ1) is 15.7. The van der Waals surface area contributed by atoms with Crippen LogP contribution in [0.3, 0.4) is 0 Å². The van der Waals surface area contributed by atoms with Crippen molar-refractivity contribution in [3.63, 3.8) is 0 Å². The van der Waals surface area contributed by atoms with Crippen molar-refractivity contribution in [1.29, 1.82) is 0 Å². The molecule has 1 aromatic carbocycles. The van der Waals surface area contributed by atoms with Crippen LogP contribution in [-0.4, -0.2) is 40.3 Å². The maximum atomic E-state index is 10.6. The van der Waals surface area contributed by atoms with Gasteiger partial charge in [-0.15, -0.1) is 0 Å². The van der Waals surface area contributed by atoms with Gasteiger partial charge in [-0.1, -0.05) is 37.1 Å². The Kier molecular flexibility index (Phi) is 5.96. The highest BCUT2D eigenvalue weighted by Gasteiger charge is 2.22. The first-order valence-corrected chi connectivity index (χ1v) is 7.54. The molecule has 4 heteroatoms. The van der Waals surface area contributed by atoms with Crippen LogP contribution in [-0.2, 0) is 11.3 Å². The van der Waals surface area contributed by atoms with Gasteiger partial charge in [-0.05, 0) is 30.0 Å². The Labute approximate surface area is 125 Å². The highest BCUT2D eigenvalue weighted by Crippen LogP contribution is 2.25. The number of carboxylic acid groups (broad SMARTS) is 1. The minimum atomic E-state index is -0.937. The summed E-state index contributed by atoms with van der Waals surface area (Å²) >= 11 is 0.